The van der Waals surface area contributed by atoms with Crippen LogP contribution in [0.3, 0.4) is 0 Å². The van der Waals surface area contributed by atoms with Crippen LogP contribution in [0.1, 0.15) is 0 Å². The second kappa shape index (κ2) is 36.6. The van der Waals surface area contributed by atoms with Gasteiger partial charge in [0.05, 0.1) is 39.2 Å². The van der Waals surface area contributed by atoms with Gasteiger partial charge < -0.3 is 8.83 Å². The molecule has 27 rings (SSSR count). The van der Waals surface area contributed by atoms with Gasteiger partial charge in [-0.2, -0.15) is 0 Å². The molecule has 0 aliphatic rings. The minimum Gasteiger partial charge on any atom is -0.456 e. The third-order valence-corrected chi connectivity index (χ3v) is 26.3. The first-order valence-corrected chi connectivity index (χ1v) is 47.1. The summed E-state index contributed by atoms with van der Waals surface area (Å²) in [4.78, 5) is 74.4. The first-order valence-electron chi connectivity index (χ1n) is 46.3. The van der Waals surface area contributed by atoms with Crippen molar-refractivity contribution < 1.29 is 8.83 Å². The zero-order valence-corrected chi connectivity index (χ0v) is 76.1. The Hall–Kier alpha value is -19.2. The number of furan rings is 2. The van der Waals surface area contributed by atoms with E-state index in [1.165, 1.54) is 20.2 Å². The molecule has 141 heavy (non-hydrogen) atoms. The van der Waals surface area contributed by atoms with Gasteiger partial charge in [0.25, 0.3) is 0 Å². The number of para-hydroxylation sites is 6. The van der Waals surface area contributed by atoms with Gasteiger partial charge in [0.15, 0.2) is 69.9 Å². The quantitative estimate of drug-likeness (QED) is 0.0931. The molecule has 0 fully saturated rings. The number of benzene rings is 18. The van der Waals surface area contributed by atoms with Gasteiger partial charge in [0.2, 0.25) is 0 Å². The van der Waals surface area contributed by atoms with E-state index >= 15 is 0 Å². The maximum Gasteiger partial charge on any atom is 0.164 e. The molecule has 0 saturated carbocycles. The number of fused-ring (bicyclic) bond motifs is 12. The number of nitrogens with zero attached hydrogens (tertiary/aromatic N) is 15. The molecule has 0 bridgehead atoms. The molecule has 0 unspecified atom stereocenters. The Kier molecular flexibility index (Phi) is 21.7. The predicted octanol–water partition coefficient (Wildman–Crippen LogP) is 30.6. The molecule has 0 aliphatic carbocycles. The first-order chi connectivity index (χ1) is 69.8. The molecule has 27 aromatic rings. The lowest BCUT2D eigenvalue weighted by Crippen LogP contribution is -2.00. The lowest BCUT2D eigenvalue weighted by molar-refractivity contribution is 0.669. The van der Waals surface area contributed by atoms with Crippen molar-refractivity contribution in [3.05, 3.63) is 455 Å². The topological polar surface area (TPSA) is 220 Å². The first kappa shape index (κ1) is 83.6. The van der Waals surface area contributed by atoms with Crippen LogP contribution in [0.25, 0.3) is 267 Å². The molecule has 0 N–H and O–H groups in total. The van der Waals surface area contributed by atoms with Crippen LogP contribution in [0.2, 0.25) is 0 Å². The maximum atomic E-state index is 6.34. The fraction of sp³-hybridized carbons (Fsp3) is 0. The van der Waals surface area contributed by atoms with E-state index < -0.39 is 0 Å². The molecule has 0 atom stereocenters. The maximum absolute atomic E-state index is 6.34. The molecule has 660 valence electrons. The largest absolute Gasteiger partial charge is 0.456 e. The molecule has 18 heteroatoms. The summed E-state index contributed by atoms with van der Waals surface area (Å²) in [5.41, 5.74) is 22.7. The van der Waals surface area contributed by atoms with Gasteiger partial charge in [0.1, 0.15) is 22.3 Å². The van der Waals surface area contributed by atoms with Crippen LogP contribution in [0, 0.1) is 0 Å². The molecule has 0 saturated heterocycles. The summed E-state index contributed by atoms with van der Waals surface area (Å²) in [7, 11) is 0. The molecule has 17 nitrogen and oxygen atoms in total. The summed E-state index contributed by atoms with van der Waals surface area (Å²) < 4.78 is 14.9. The molecule has 0 aliphatic heterocycles. The van der Waals surface area contributed by atoms with Crippen LogP contribution in [0.15, 0.2) is 464 Å². The molecule has 0 radical (unpaired) electrons. The summed E-state index contributed by atoms with van der Waals surface area (Å²) in [6, 6.07) is 153. The summed E-state index contributed by atoms with van der Waals surface area (Å²) in [5.74, 6) is 7.63. The lowest BCUT2D eigenvalue weighted by atomic mass is 10.0. The van der Waals surface area contributed by atoms with Crippen molar-refractivity contribution in [1.82, 2.24) is 74.8 Å². The average Bonchev–Trinajstić information content (AvgIpc) is 1.62. The fourth-order valence-corrected chi connectivity index (χ4v) is 19.3. The van der Waals surface area contributed by atoms with Gasteiger partial charge >= 0.3 is 0 Å². The summed E-state index contributed by atoms with van der Waals surface area (Å²) in [6.45, 7) is 0. The van der Waals surface area contributed by atoms with Crippen molar-refractivity contribution in [1.29, 1.82) is 0 Å². The van der Waals surface area contributed by atoms with E-state index in [2.05, 4.69) is 152 Å². The highest BCUT2D eigenvalue weighted by atomic mass is 32.1. The average molecular weight is 1830 g/mol. The Bertz CT molecular complexity index is 8860. The van der Waals surface area contributed by atoms with Gasteiger partial charge in [0, 0.05) is 136 Å². The standard InChI is InChI=1S/2C41H25N5O.C41H25N5S/c1-3-12-27(13-4-1)38-44-39(28-14-5-2-6-15-28)46-40(45-38)29-24-22-26(23-25-29)36-32-17-7-9-20-34(32)42-41(43-36)33-19-11-18-31-30-16-8-10-21-35(30)47-37(31)33;1-3-11-27(12-4-1)38-44-39(28-13-5-2-6-14-28)46-40(45-38)29-21-19-26(20-22-29)37-32-16-7-9-17-34(32)42-41(43-37)30-23-24-36-33(25-30)31-15-8-10-18-35(31)47-36;1-3-12-27(13-4-1)38-44-39(28-14-5-2-6-15-28)46-40(45-38)29-24-22-26(23-25-29)36-32-17-7-9-20-34(32)42-41(43-36)33-19-11-18-31-30-16-8-10-21-35(30)47-37(31)33/h3*1-25H. The second-order valence-corrected chi connectivity index (χ2v) is 35.0. The van der Waals surface area contributed by atoms with E-state index in [1.807, 2.05) is 303 Å². The van der Waals surface area contributed by atoms with E-state index in [4.69, 9.17) is 83.6 Å². The van der Waals surface area contributed by atoms with Crippen LogP contribution in [-0.2, 0) is 0 Å². The molecule has 0 amide bonds. The summed E-state index contributed by atoms with van der Waals surface area (Å²) in [6.07, 6.45) is 0. The van der Waals surface area contributed by atoms with E-state index in [1.54, 1.807) is 11.3 Å². The van der Waals surface area contributed by atoms with Crippen molar-refractivity contribution in [3.8, 4) is 170 Å². The van der Waals surface area contributed by atoms with Gasteiger partial charge in [-0.25, -0.2) is 74.8 Å². The minimum absolute atomic E-state index is 0.606. The highest BCUT2D eigenvalue weighted by Gasteiger charge is 2.24. The van der Waals surface area contributed by atoms with Crippen molar-refractivity contribution >= 4 is 108 Å². The van der Waals surface area contributed by atoms with E-state index in [9.17, 15) is 0 Å². The van der Waals surface area contributed by atoms with Crippen molar-refractivity contribution in [3.63, 3.8) is 0 Å². The van der Waals surface area contributed by atoms with Crippen LogP contribution < -0.4 is 0 Å². The third kappa shape index (κ3) is 16.5. The van der Waals surface area contributed by atoms with Crippen molar-refractivity contribution in [2.75, 3.05) is 0 Å². The van der Waals surface area contributed by atoms with Gasteiger partial charge in [-0.3, -0.25) is 0 Å². The number of rotatable bonds is 15. The van der Waals surface area contributed by atoms with Gasteiger partial charge in [-0.1, -0.05) is 388 Å². The SMILES string of the molecule is c1ccc(-c2nc(-c3ccccc3)nc(-c3ccc(-c4nc(-c5ccc6oc7ccccc7c6c5)nc5ccccc45)cc3)n2)cc1.c1ccc(-c2nc(-c3ccccc3)nc(-c3ccc(-c4nc(-c5cccc6c5oc5ccccc56)nc5ccccc45)cc3)n2)cc1.c1ccc(-c2nc(-c3ccccc3)nc(-c3ccc(-c4nc(-c5cccc6c5sc5ccccc56)nc5ccccc45)cc3)n2)cc1. The zero-order valence-electron chi connectivity index (χ0n) is 75.2. The normalized spacial score (nSPS) is 11.4. The number of hydrogen-bond donors (Lipinski definition) is 0. The zero-order chi connectivity index (χ0) is 93.5. The monoisotopic (exact) mass is 1830 g/mol. The Morgan fingerprint density at radius 2 is 0.411 bits per heavy atom. The highest BCUT2D eigenvalue weighted by molar-refractivity contribution is 7.26. The summed E-state index contributed by atoms with van der Waals surface area (Å²) in [5, 5.41) is 9.68. The van der Waals surface area contributed by atoms with E-state index in [-0.39, 0.29) is 0 Å². The number of thiophene rings is 1. The highest BCUT2D eigenvalue weighted by Crippen LogP contribution is 2.44. The molecular formula is C123H75N15O2S. The molecular weight excluding hydrogens is 1750 g/mol. The van der Waals surface area contributed by atoms with Crippen LogP contribution >= 0.6 is 11.3 Å². The minimum atomic E-state index is 0.606. The predicted molar refractivity (Wildman–Crippen MR) is 568 cm³/mol. The van der Waals surface area contributed by atoms with Gasteiger partial charge in [-0.15, -0.1) is 11.3 Å². The molecule has 18 aromatic carbocycles. The Labute approximate surface area is 811 Å². The Morgan fingerprint density at radius 1 is 0.149 bits per heavy atom. The van der Waals surface area contributed by atoms with Crippen molar-refractivity contribution in [2.45, 2.75) is 0 Å². The van der Waals surface area contributed by atoms with E-state index in [0.717, 1.165) is 183 Å². The fourth-order valence-electron chi connectivity index (χ4n) is 18.1. The van der Waals surface area contributed by atoms with Crippen LogP contribution in [-0.4, -0.2) is 74.8 Å². The van der Waals surface area contributed by atoms with Gasteiger partial charge in [-0.05, 0) is 66.7 Å². The molecule has 9 aromatic heterocycles. The number of aromatic nitrogens is 15. The smallest absolute Gasteiger partial charge is 0.164 e. The third-order valence-electron chi connectivity index (χ3n) is 25.1. The van der Waals surface area contributed by atoms with Crippen molar-refractivity contribution in [2.24, 2.45) is 0 Å². The van der Waals surface area contributed by atoms with E-state index in [0.29, 0.717) is 64.1 Å². The van der Waals surface area contributed by atoms with Crippen LogP contribution in [0.4, 0.5) is 0 Å². The summed E-state index contributed by atoms with van der Waals surface area (Å²) >= 11 is 1.79. The Balaban J connectivity index is 0.000000111. The molecule has 0 spiro atoms. The van der Waals surface area contributed by atoms with Crippen LogP contribution in [0.5, 0.6) is 0 Å². The Morgan fingerprint density at radius 3 is 0.809 bits per heavy atom. The second-order valence-electron chi connectivity index (χ2n) is 34.0. The lowest BCUT2D eigenvalue weighted by Gasteiger charge is -2.11. The molecule has 9 heterocycles. The number of hydrogen-bond acceptors (Lipinski definition) is 18.